The Hall–Kier alpha value is 0.01000. The van der Waals surface area contributed by atoms with Crippen LogP contribution in [0, 0.1) is 5.41 Å². The van der Waals surface area contributed by atoms with Gasteiger partial charge in [0, 0.05) is 9.37 Å². The highest BCUT2D eigenvalue weighted by atomic mass is 79.9. The van der Waals surface area contributed by atoms with Gasteiger partial charge in [-0.3, -0.25) is 0 Å². The normalized spacial score (nSPS) is 17.7. The molecule has 1 aromatic carbocycles. The van der Waals surface area contributed by atoms with E-state index in [0.29, 0.717) is 5.41 Å². The van der Waals surface area contributed by atoms with Crippen LogP contribution in [0.15, 0.2) is 33.6 Å². The summed E-state index contributed by atoms with van der Waals surface area (Å²) in [5, 5.41) is 0. The molecule has 1 nitrogen and oxygen atoms in total. The Morgan fingerprint density at radius 2 is 1.93 bits per heavy atom. The van der Waals surface area contributed by atoms with Crippen molar-refractivity contribution in [1.29, 1.82) is 0 Å². The minimum absolute atomic E-state index is 0.516. The van der Waals surface area contributed by atoms with E-state index in [1.54, 1.807) is 0 Å². The van der Waals surface area contributed by atoms with E-state index >= 15 is 0 Å². The summed E-state index contributed by atoms with van der Waals surface area (Å²) in [5.74, 6) is 1.19. The van der Waals surface area contributed by atoms with E-state index < -0.39 is 0 Å². The van der Waals surface area contributed by atoms with Crippen LogP contribution in [0.4, 0.5) is 0 Å². The fourth-order valence-electron chi connectivity index (χ4n) is 1.65. The summed E-state index contributed by atoms with van der Waals surface area (Å²) >= 11 is 5.38. The first-order valence-corrected chi connectivity index (χ1v) is 7.10. The van der Waals surface area contributed by atoms with Gasteiger partial charge in [0.15, 0.2) is 0 Å². The molecule has 0 aromatic heterocycles. The molecule has 2 N–H and O–H groups in total. The maximum Gasteiger partial charge on any atom is 0.0176 e. The van der Waals surface area contributed by atoms with Gasteiger partial charge in [0.05, 0.1) is 0 Å². The van der Waals surface area contributed by atoms with Crippen molar-refractivity contribution in [1.82, 2.24) is 0 Å². The Bertz CT molecular complexity index is 319. The van der Waals surface area contributed by atoms with E-state index in [1.165, 1.54) is 29.9 Å². The molecule has 1 aromatic rings. The molecule has 0 amide bonds. The summed E-state index contributed by atoms with van der Waals surface area (Å²) in [6, 6.07) is 8.52. The minimum Gasteiger partial charge on any atom is -0.330 e. The number of rotatable bonds is 5. The van der Waals surface area contributed by atoms with E-state index in [2.05, 4.69) is 40.2 Å². The molecule has 3 heteroatoms. The standard InChI is InChI=1S/C12H16BrNS/c13-10-1-3-11(4-2-10)15-8-7-12(9-14)5-6-12/h1-4H,5-9,14H2. The lowest BCUT2D eigenvalue weighted by atomic mass is 10.1. The molecule has 0 saturated heterocycles. The van der Waals surface area contributed by atoms with Crippen molar-refractivity contribution in [2.45, 2.75) is 24.2 Å². The van der Waals surface area contributed by atoms with E-state index in [1.807, 2.05) is 11.8 Å². The first-order chi connectivity index (χ1) is 7.24. The molecule has 0 atom stereocenters. The second-order valence-electron chi connectivity index (χ2n) is 4.26. The van der Waals surface area contributed by atoms with Crippen molar-refractivity contribution in [3.8, 4) is 0 Å². The largest absolute Gasteiger partial charge is 0.330 e. The molecule has 2 rings (SSSR count). The van der Waals surface area contributed by atoms with Crippen molar-refractivity contribution in [2.24, 2.45) is 11.1 Å². The number of halogens is 1. The average Bonchev–Trinajstić information content (AvgIpc) is 3.02. The van der Waals surface area contributed by atoms with Crippen molar-refractivity contribution < 1.29 is 0 Å². The molecule has 0 radical (unpaired) electrons. The van der Waals surface area contributed by atoms with Crippen molar-refractivity contribution in [2.75, 3.05) is 12.3 Å². The summed E-state index contributed by atoms with van der Waals surface area (Å²) in [6.45, 7) is 0.869. The zero-order chi connectivity index (χ0) is 10.7. The van der Waals surface area contributed by atoms with E-state index in [4.69, 9.17) is 5.73 Å². The van der Waals surface area contributed by atoms with Crippen LogP contribution in [0.1, 0.15) is 19.3 Å². The van der Waals surface area contributed by atoms with Gasteiger partial charge in [-0.05, 0) is 61.2 Å². The number of nitrogens with two attached hydrogens (primary N) is 1. The van der Waals surface area contributed by atoms with Gasteiger partial charge in [0.1, 0.15) is 0 Å². The van der Waals surface area contributed by atoms with Gasteiger partial charge in [-0.1, -0.05) is 15.9 Å². The van der Waals surface area contributed by atoms with Crippen LogP contribution in [-0.2, 0) is 0 Å². The zero-order valence-corrected chi connectivity index (χ0v) is 11.1. The molecule has 15 heavy (non-hydrogen) atoms. The fraction of sp³-hybridized carbons (Fsp3) is 0.500. The molecule has 1 aliphatic rings. The fourth-order valence-corrected chi connectivity index (χ4v) is 3.01. The highest BCUT2D eigenvalue weighted by molar-refractivity contribution is 9.10. The van der Waals surface area contributed by atoms with Crippen molar-refractivity contribution >= 4 is 27.7 Å². The number of hydrogen-bond acceptors (Lipinski definition) is 2. The Kier molecular flexibility index (Phi) is 3.75. The Morgan fingerprint density at radius 3 is 2.47 bits per heavy atom. The molecule has 0 aliphatic heterocycles. The smallest absolute Gasteiger partial charge is 0.0176 e. The van der Waals surface area contributed by atoms with Gasteiger partial charge in [-0.15, -0.1) is 11.8 Å². The minimum atomic E-state index is 0.516. The molecule has 0 spiro atoms. The lowest BCUT2D eigenvalue weighted by Crippen LogP contribution is -2.15. The van der Waals surface area contributed by atoms with Crippen LogP contribution >= 0.6 is 27.7 Å². The van der Waals surface area contributed by atoms with Gasteiger partial charge < -0.3 is 5.73 Å². The Labute approximate surface area is 104 Å². The maximum atomic E-state index is 5.75. The van der Waals surface area contributed by atoms with Crippen molar-refractivity contribution in [3.05, 3.63) is 28.7 Å². The van der Waals surface area contributed by atoms with Gasteiger partial charge in [0.25, 0.3) is 0 Å². The summed E-state index contributed by atoms with van der Waals surface area (Å²) in [5.41, 5.74) is 6.27. The van der Waals surface area contributed by atoms with Crippen molar-refractivity contribution in [3.63, 3.8) is 0 Å². The lowest BCUT2D eigenvalue weighted by Gasteiger charge is -2.11. The highest BCUT2D eigenvalue weighted by Gasteiger charge is 2.40. The molecule has 82 valence electrons. The second kappa shape index (κ2) is 4.89. The molecule has 0 heterocycles. The first-order valence-electron chi connectivity index (χ1n) is 5.33. The van der Waals surface area contributed by atoms with Crippen LogP contribution in [0.5, 0.6) is 0 Å². The summed E-state index contributed by atoms with van der Waals surface area (Å²) in [4.78, 5) is 1.35. The third kappa shape index (κ3) is 3.23. The summed E-state index contributed by atoms with van der Waals surface area (Å²) < 4.78 is 1.15. The predicted octanol–water partition coefficient (Wildman–Crippen LogP) is 3.67. The third-order valence-corrected chi connectivity index (χ3v) is 4.65. The topological polar surface area (TPSA) is 26.0 Å². The molecular weight excluding hydrogens is 270 g/mol. The van der Waals surface area contributed by atoms with Crippen LogP contribution in [0.2, 0.25) is 0 Å². The van der Waals surface area contributed by atoms with Crippen LogP contribution in [0.3, 0.4) is 0 Å². The van der Waals surface area contributed by atoms with E-state index in [0.717, 1.165) is 11.0 Å². The SMILES string of the molecule is NCC1(CCSc2ccc(Br)cc2)CC1. The number of benzene rings is 1. The monoisotopic (exact) mass is 285 g/mol. The summed E-state index contributed by atoms with van der Waals surface area (Å²) in [7, 11) is 0. The molecular formula is C12H16BrNS. The molecule has 1 aliphatic carbocycles. The van der Waals surface area contributed by atoms with Crippen LogP contribution in [0.25, 0.3) is 0 Å². The van der Waals surface area contributed by atoms with Gasteiger partial charge >= 0.3 is 0 Å². The molecule has 1 saturated carbocycles. The number of thioether (sulfide) groups is 1. The third-order valence-electron chi connectivity index (χ3n) is 3.10. The maximum absolute atomic E-state index is 5.75. The molecule has 0 bridgehead atoms. The predicted molar refractivity (Wildman–Crippen MR) is 70.2 cm³/mol. The lowest BCUT2D eigenvalue weighted by molar-refractivity contribution is 0.509. The van der Waals surface area contributed by atoms with Gasteiger partial charge in [-0.2, -0.15) is 0 Å². The van der Waals surface area contributed by atoms with Crippen LogP contribution in [-0.4, -0.2) is 12.3 Å². The first kappa shape index (κ1) is 11.5. The molecule has 1 fully saturated rings. The quantitative estimate of drug-likeness (QED) is 0.836. The van der Waals surface area contributed by atoms with E-state index in [-0.39, 0.29) is 0 Å². The van der Waals surface area contributed by atoms with E-state index in [9.17, 15) is 0 Å². The average molecular weight is 286 g/mol. The second-order valence-corrected chi connectivity index (χ2v) is 6.34. The van der Waals surface area contributed by atoms with Gasteiger partial charge in [0.2, 0.25) is 0 Å². The van der Waals surface area contributed by atoms with Crippen LogP contribution < -0.4 is 5.73 Å². The Morgan fingerprint density at radius 1 is 1.27 bits per heavy atom. The number of hydrogen-bond donors (Lipinski definition) is 1. The zero-order valence-electron chi connectivity index (χ0n) is 8.71. The van der Waals surface area contributed by atoms with Gasteiger partial charge in [-0.25, -0.2) is 0 Å². The highest BCUT2D eigenvalue weighted by Crippen LogP contribution is 2.48. The summed E-state index contributed by atoms with van der Waals surface area (Å²) in [6.07, 6.45) is 3.94. The Balaban J connectivity index is 1.76. The molecule has 0 unspecified atom stereocenters.